The monoisotopic (exact) mass is 433 g/mol. The summed E-state index contributed by atoms with van der Waals surface area (Å²) in [5, 5.41) is 6.71. The zero-order chi connectivity index (χ0) is 16.0. The highest BCUT2D eigenvalue weighted by atomic mass is 127. The normalized spacial score (nSPS) is 16.1. The Bertz CT molecular complexity index is 531. The maximum atomic E-state index is 5.71. The molecule has 2 rings (SSSR count). The number of aryl methyl sites for hydroxylation is 1. The van der Waals surface area contributed by atoms with Gasteiger partial charge in [0, 0.05) is 31.1 Å². The van der Waals surface area contributed by atoms with E-state index in [-0.39, 0.29) is 29.4 Å². The number of benzene rings is 1. The predicted octanol–water partition coefficient (Wildman–Crippen LogP) is 2.71. The van der Waals surface area contributed by atoms with E-state index in [0.29, 0.717) is 13.2 Å². The van der Waals surface area contributed by atoms with E-state index in [1.165, 1.54) is 5.56 Å². The Morgan fingerprint density at radius 2 is 2.09 bits per heavy atom. The topological polar surface area (TPSA) is 54.9 Å². The lowest BCUT2D eigenvalue weighted by Gasteiger charge is -2.38. The van der Waals surface area contributed by atoms with Crippen LogP contribution in [0.15, 0.2) is 23.2 Å². The van der Waals surface area contributed by atoms with Crippen LogP contribution in [0.3, 0.4) is 0 Å². The fraction of sp³-hybridized carbons (Fsp3) is 0.588. The van der Waals surface area contributed by atoms with Gasteiger partial charge in [-0.15, -0.1) is 24.0 Å². The zero-order valence-corrected chi connectivity index (χ0v) is 16.8. The molecule has 5 nitrogen and oxygen atoms in total. The van der Waals surface area contributed by atoms with Gasteiger partial charge in [0.05, 0.1) is 19.8 Å². The molecule has 1 aliphatic heterocycles. The second-order valence-electron chi connectivity index (χ2n) is 6.13. The van der Waals surface area contributed by atoms with Gasteiger partial charge in [-0.3, -0.25) is 4.99 Å². The number of hydrogen-bond acceptors (Lipinski definition) is 3. The van der Waals surface area contributed by atoms with E-state index >= 15 is 0 Å². The fourth-order valence-corrected chi connectivity index (χ4v) is 2.35. The van der Waals surface area contributed by atoms with E-state index < -0.39 is 0 Å². The highest BCUT2D eigenvalue weighted by molar-refractivity contribution is 14.0. The standard InChI is InChI=1S/C17H27N3O2.HI/c1-5-22-15-8-13(2)6-7-14(15)9-19-16(18-4)20-10-17(3)11-21-12-17;/h6-8H,5,9-12H2,1-4H3,(H2,18,19,20);1H. The van der Waals surface area contributed by atoms with Crippen LogP contribution in [-0.4, -0.2) is 39.4 Å². The first-order valence-corrected chi connectivity index (χ1v) is 7.81. The highest BCUT2D eigenvalue weighted by Crippen LogP contribution is 2.25. The van der Waals surface area contributed by atoms with Crippen molar-refractivity contribution < 1.29 is 9.47 Å². The second-order valence-corrected chi connectivity index (χ2v) is 6.13. The van der Waals surface area contributed by atoms with Gasteiger partial charge in [0.15, 0.2) is 5.96 Å². The molecular weight excluding hydrogens is 405 g/mol. The van der Waals surface area contributed by atoms with Gasteiger partial charge in [-0.2, -0.15) is 0 Å². The Balaban J connectivity index is 0.00000264. The second kappa shape index (κ2) is 9.32. The van der Waals surface area contributed by atoms with Crippen molar-refractivity contribution in [2.24, 2.45) is 10.4 Å². The summed E-state index contributed by atoms with van der Waals surface area (Å²) < 4.78 is 11.0. The quantitative estimate of drug-likeness (QED) is 0.412. The van der Waals surface area contributed by atoms with E-state index in [1.807, 2.05) is 6.92 Å². The SMILES string of the molecule is CCOc1cc(C)ccc1CNC(=NC)NCC1(C)COC1.I. The Morgan fingerprint density at radius 3 is 2.65 bits per heavy atom. The number of aliphatic imine (C=N–C) groups is 1. The molecule has 0 amide bonds. The molecule has 23 heavy (non-hydrogen) atoms. The molecule has 0 atom stereocenters. The molecule has 0 bridgehead atoms. The largest absolute Gasteiger partial charge is 0.494 e. The van der Waals surface area contributed by atoms with Crippen LogP contribution >= 0.6 is 24.0 Å². The molecule has 1 aromatic carbocycles. The van der Waals surface area contributed by atoms with Gasteiger partial charge in [0.2, 0.25) is 0 Å². The molecule has 1 aromatic rings. The average Bonchev–Trinajstić information content (AvgIpc) is 2.47. The van der Waals surface area contributed by atoms with E-state index in [1.54, 1.807) is 7.05 Å². The van der Waals surface area contributed by atoms with Crippen molar-refractivity contribution in [2.45, 2.75) is 27.3 Å². The van der Waals surface area contributed by atoms with Gasteiger partial charge in [-0.25, -0.2) is 0 Å². The summed E-state index contributed by atoms with van der Waals surface area (Å²) in [6, 6.07) is 6.27. The Labute approximate surface area is 156 Å². The molecule has 1 aliphatic rings. The van der Waals surface area contributed by atoms with Crippen molar-refractivity contribution in [1.82, 2.24) is 10.6 Å². The van der Waals surface area contributed by atoms with Crippen molar-refractivity contribution in [3.63, 3.8) is 0 Å². The summed E-state index contributed by atoms with van der Waals surface area (Å²) >= 11 is 0. The first kappa shape index (κ1) is 20.0. The molecule has 0 saturated carbocycles. The molecule has 1 fully saturated rings. The van der Waals surface area contributed by atoms with Crippen molar-refractivity contribution in [1.29, 1.82) is 0 Å². The first-order chi connectivity index (χ1) is 10.6. The Morgan fingerprint density at radius 1 is 1.35 bits per heavy atom. The lowest BCUT2D eigenvalue weighted by Crippen LogP contribution is -2.50. The minimum Gasteiger partial charge on any atom is -0.494 e. The van der Waals surface area contributed by atoms with Crippen molar-refractivity contribution in [2.75, 3.05) is 33.4 Å². The Hall–Kier alpha value is -1.02. The van der Waals surface area contributed by atoms with Gasteiger partial charge in [0.25, 0.3) is 0 Å². The molecule has 6 heteroatoms. The summed E-state index contributed by atoms with van der Waals surface area (Å²) in [6.07, 6.45) is 0. The van der Waals surface area contributed by atoms with E-state index in [4.69, 9.17) is 9.47 Å². The smallest absolute Gasteiger partial charge is 0.191 e. The number of rotatable bonds is 6. The van der Waals surface area contributed by atoms with Gasteiger partial charge < -0.3 is 20.1 Å². The number of nitrogens with one attached hydrogen (secondary N) is 2. The summed E-state index contributed by atoms with van der Waals surface area (Å²) in [5.41, 5.74) is 2.55. The molecule has 1 saturated heterocycles. The third kappa shape index (κ3) is 5.84. The summed E-state index contributed by atoms with van der Waals surface area (Å²) in [7, 11) is 1.79. The molecule has 2 N–H and O–H groups in total. The average molecular weight is 433 g/mol. The molecule has 0 radical (unpaired) electrons. The number of halogens is 1. The lowest BCUT2D eigenvalue weighted by atomic mass is 9.89. The molecule has 130 valence electrons. The van der Waals surface area contributed by atoms with Gasteiger partial charge in [-0.05, 0) is 25.5 Å². The van der Waals surface area contributed by atoms with Crippen LogP contribution in [0.1, 0.15) is 25.0 Å². The van der Waals surface area contributed by atoms with E-state index in [0.717, 1.165) is 37.0 Å². The summed E-state index contributed by atoms with van der Waals surface area (Å²) in [4.78, 5) is 4.27. The minimum absolute atomic E-state index is 0. The fourth-order valence-electron chi connectivity index (χ4n) is 2.35. The van der Waals surface area contributed by atoms with Crippen LogP contribution in [0.4, 0.5) is 0 Å². The van der Waals surface area contributed by atoms with Crippen LogP contribution in [-0.2, 0) is 11.3 Å². The molecule has 0 aliphatic carbocycles. The van der Waals surface area contributed by atoms with E-state index in [2.05, 4.69) is 47.7 Å². The molecule has 1 heterocycles. The third-order valence-electron chi connectivity index (χ3n) is 3.78. The third-order valence-corrected chi connectivity index (χ3v) is 3.78. The van der Waals surface area contributed by atoms with Gasteiger partial charge in [0.1, 0.15) is 5.75 Å². The van der Waals surface area contributed by atoms with Crippen LogP contribution < -0.4 is 15.4 Å². The zero-order valence-electron chi connectivity index (χ0n) is 14.4. The van der Waals surface area contributed by atoms with Crippen LogP contribution in [0, 0.1) is 12.3 Å². The molecule has 0 aromatic heterocycles. The summed E-state index contributed by atoms with van der Waals surface area (Å²) in [6.45, 7) is 10.1. The highest BCUT2D eigenvalue weighted by Gasteiger charge is 2.33. The lowest BCUT2D eigenvalue weighted by molar-refractivity contribution is -0.0971. The Kier molecular flexibility index (Phi) is 8.11. The summed E-state index contributed by atoms with van der Waals surface area (Å²) in [5.74, 6) is 1.74. The molecule has 0 spiro atoms. The minimum atomic E-state index is 0. The molecule has 0 unspecified atom stereocenters. The van der Waals surface area contributed by atoms with Crippen LogP contribution in [0.2, 0.25) is 0 Å². The number of guanidine groups is 1. The number of ether oxygens (including phenoxy) is 2. The number of hydrogen-bond donors (Lipinski definition) is 2. The van der Waals surface area contributed by atoms with Crippen LogP contribution in [0.5, 0.6) is 5.75 Å². The van der Waals surface area contributed by atoms with Crippen molar-refractivity contribution in [3.05, 3.63) is 29.3 Å². The van der Waals surface area contributed by atoms with Crippen molar-refractivity contribution >= 4 is 29.9 Å². The van der Waals surface area contributed by atoms with E-state index in [9.17, 15) is 0 Å². The van der Waals surface area contributed by atoms with Gasteiger partial charge >= 0.3 is 0 Å². The predicted molar refractivity (Wildman–Crippen MR) is 105 cm³/mol. The van der Waals surface area contributed by atoms with Crippen molar-refractivity contribution in [3.8, 4) is 5.75 Å². The van der Waals surface area contributed by atoms with Crippen LogP contribution in [0.25, 0.3) is 0 Å². The van der Waals surface area contributed by atoms with Gasteiger partial charge in [-0.1, -0.05) is 19.1 Å². The molecular formula is C17H28IN3O2. The maximum Gasteiger partial charge on any atom is 0.191 e. The first-order valence-electron chi connectivity index (χ1n) is 7.81. The number of nitrogens with zero attached hydrogens (tertiary/aromatic N) is 1. The maximum absolute atomic E-state index is 5.71.